The number of aromatic carboxylic acids is 1. The number of rotatable bonds is 6. The average Bonchev–Trinajstić information content (AvgIpc) is 2.98. The van der Waals surface area contributed by atoms with E-state index in [0.717, 1.165) is 34.2 Å². The summed E-state index contributed by atoms with van der Waals surface area (Å²) in [4.78, 5) is 10.8. The van der Waals surface area contributed by atoms with E-state index in [-0.39, 0.29) is 26.1 Å². The SMILES string of the molecule is CCS(=O)(=O)c1cc(C(=O)O)ccc1NS(=O)(=O)c1sc2ccc(Cl)cc2c1C. The Morgan fingerprint density at radius 1 is 1.14 bits per heavy atom. The molecule has 0 aliphatic heterocycles. The van der Waals surface area contributed by atoms with Gasteiger partial charge in [0.2, 0.25) is 0 Å². The van der Waals surface area contributed by atoms with Crippen molar-refractivity contribution in [2.45, 2.75) is 23.0 Å². The van der Waals surface area contributed by atoms with Crippen LogP contribution in [0, 0.1) is 6.92 Å². The second-order valence-corrected chi connectivity index (χ2v) is 11.8. The van der Waals surface area contributed by atoms with Crippen LogP contribution in [0.25, 0.3) is 10.1 Å². The first-order valence-electron chi connectivity index (χ1n) is 8.28. The zero-order valence-corrected chi connectivity index (χ0v) is 18.5. The average molecular weight is 474 g/mol. The van der Waals surface area contributed by atoms with Crippen molar-refractivity contribution in [1.82, 2.24) is 0 Å². The van der Waals surface area contributed by atoms with E-state index in [1.54, 1.807) is 25.1 Å². The van der Waals surface area contributed by atoms with E-state index in [1.807, 2.05) is 0 Å². The molecule has 2 N–H and O–H groups in total. The van der Waals surface area contributed by atoms with Gasteiger partial charge in [-0.25, -0.2) is 21.6 Å². The molecule has 154 valence electrons. The summed E-state index contributed by atoms with van der Waals surface area (Å²) in [5, 5.41) is 10.3. The van der Waals surface area contributed by atoms with E-state index in [4.69, 9.17) is 16.7 Å². The maximum atomic E-state index is 13.0. The Kier molecular flexibility index (Phi) is 5.65. The molecule has 2 aromatic carbocycles. The maximum absolute atomic E-state index is 13.0. The quantitative estimate of drug-likeness (QED) is 0.555. The maximum Gasteiger partial charge on any atom is 0.335 e. The molecule has 1 heterocycles. The minimum atomic E-state index is -4.13. The Hall–Kier alpha value is -2.14. The molecule has 0 saturated heterocycles. The molecule has 3 rings (SSSR count). The highest BCUT2D eigenvalue weighted by Gasteiger charge is 2.26. The molecule has 11 heteroatoms. The number of benzene rings is 2. The van der Waals surface area contributed by atoms with Crippen LogP contribution in [-0.2, 0) is 19.9 Å². The molecule has 0 aliphatic carbocycles. The third kappa shape index (κ3) is 4.11. The van der Waals surface area contributed by atoms with Gasteiger partial charge in [0.05, 0.1) is 21.9 Å². The van der Waals surface area contributed by atoms with Gasteiger partial charge in [-0.15, -0.1) is 11.3 Å². The van der Waals surface area contributed by atoms with Crippen LogP contribution in [0.4, 0.5) is 5.69 Å². The fourth-order valence-corrected chi connectivity index (χ4v) is 6.91. The Balaban J connectivity index is 2.14. The monoisotopic (exact) mass is 473 g/mol. The van der Waals surface area contributed by atoms with Gasteiger partial charge in [0, 0.05) is 9.72 Å². The second kappa shape index (κ2) is 7.60. The van der Waals surface area contributed by atoms with Crippen LogP contribution in [-0.4, -0.2) is 33.7 Å². The van der Waals surface area contributed by atoms with Gasteiger partial charge in [0.1, 0.15) is 4.21 Å². The van der Waals surface area contributed by atoms with Crippen molar-refractivity contribution in [1.29, 1.82) is 0 Å². The number of hydrogen-bond acceptors (Lipinski definition) is 6. The summed E-state index contributed by atoms with van der Waals surface area (Å²) >= 11 is 7.03. The van der Waals surface area contributed by atoms with Crippen LogP contribution >= 0.6 is 22.9 Å². The van der Waals surface area contributed by atoms with Gasteiger partial charge in [-0.1, -0.05) is 18.5 Å². The van der Waals surface area contributed by atoms with Gasteiger partial charge < -0.3 is 5.11 Å². The highest BCUT2D eigenvalue weighted by molar-refractivity contribution is 7.95. The predicted octanol–water partition coefficient (Wildman–Crippen LogP) is 4.16. The number of carboxylic acids is 1. The van der Waals surface area contributed by atoms with Crippen molar-refractivity contribution >= 4 is 64.5 Å². The molecular weight excluding hydrogens is 458 g/mol. The van der Waals surface area contributed by atoms with Crippen LogP contribution in [0.2, 0.25) is 5.02 Å². The Labute approximate surface area is 176 Å². The van der Waals surface area contributed by atoms with E-state index >= 15 is 0 Å². The fourth-order valence-electron chi connectivity index (χ4n) is 2.77. The van der Waals surface area contributed by atoms with E-state index in [1.165, 1.54) is 6.92 Å². The van der Waals surface area contributed by atoms with Gasteiger partial charge in [-0.05, 0) is 54.3 Å². The molecule has 0 fully saturated rings. The number of hydrogen-bond donors (Lipinski definition) is 2. The highest BCUT2D eigenvalue weighted by Crippen LogP contribution is 2.37. The lowest BCUT2D eigenvalue weighted by Gasteiger charge is -2.13. The molecule has 0 unspecified atom stereocenters. The standard InChI is InChI=1S/C18H16ClNO6S3/c1-3-28(23,24)16-8-11(17(21)22)4-6-14(16)20-29(25,26)18-10(2)13-9-12(19)5-7-15(13)27-18/h4-9,20H,3H2,1-2H3,(H,21,22). The number of fused-ring (bicyclic) bond motifs is 1. The molecule has 1 aromatic heterocycles. The molecule has 7 nitrogen and oxygen atoms in total. The van der Waals surface area contributed by atoms with Gasteiger partial charge >= 0.3 is 5.97 Å². The number of aryl methyl sites for hydroxylation is 1. The molecule has 0 amide bonds. The number of sulfone groups is 1. The first-order chi connectivity index (χ1) is 13.5. The van der Waals surface area contributed by atoms with Crippen molar-refractivity contribution in [3.05, 3.63) is 52.5 Å². The van der Waals surface area contributed by atoms with E-state index in [2.05, 4.69) is 4.72 Å². The minimum absolute atomic E-state index is 0.0249. The lowest BCUT2D eigenvalue weighted by atomic mass is 10.2. The first kappa shape index (κ1) is 21.6. The number of carboxylic acid groups (broad SMARTS) is 1. The largest absolute Gasteiger partial charge is 0.478 e. The summed E-state index contributed by atoms with van der Waals surface area (Å²) in [6, 6.07) is 8.27. The number of nitrogens with one attached hydrogen (secondary N) is 1. The molecule has 0 atom stereocenters. The minimum Gasteiger partial charge on any atom is -0.478 e. The van der Waals surface area contributed by atoms with Crippen molar-refractivity contribution in [3.63, 3.8) is 0 Å². The molecule has 0 saturated carbocycles. The topological polar surface area (TPSA) is 118 Å². The zero-order valence-electron chi connectivity index (χ0n) is 15.3. The zero-order chi connectivity index (χ0) is 21.6. The van der Waals surface area contributed by atoms with Crippen LogP contribution < -0.4 is 4.72 Å². The van der Waals surface area contributed by atoms with Crippen molar-refractivity contribution in [2.75, 3.05) is 10.5 Å². The van der Waals surface area contributed by atoms with Crippen LogP contribution in [0.15, 0.2) is 45.5 Å². The fraction of sp³-hybridized carbons (Fsp3) is 0.167. The first-order valence-corrected chi connectivity index (χ1v) is 12.6. The second-order valence-electron chi connectivity index (χ2n) is 6.18. The number of sulfonamides is 1. The van der Waals surface area contributed by atoms with Gasteiger partial charge in [0.25, 0.3) is 10.0 Å². The van der Waals surface area contributed by atoms with E-state index in [9.17, 15) is 21.6 Å². The van der Waals surface area contributed by atoms with Crippen molar-refractivity contribution < 1.29 is 26.7 Å². The van der Waals surface area contributed by atoms with Crippen LogP contribution in [0.1, 0.15) is 22.8 Å². The molecule has 0 bridgehead atoms. The molecule has 3 aromatic rings. The molecule has 0 aliphatic rings. The van der Waals surface area contributed by atoms with E-state index < -0.39 is 25.8 Å². The van der Waals surface area contributed by atoms with Gasteiger partial charge in [0.15, 0.2) is 9.84 Å². The highest BCUT2D eigenvalue weighted by atomic mass is 35.5. The van der Waals surface area contributed by atoms with E-state index in [0.29, 0.717) is 16.0 Å². The summed E-state index contributed by atoms with van der Waals surface area (Å²) in [5.74, 6) is -1.63. The summed E-state index contributed by atoms with van der Waals surface area (Å²) in [6.07, 6.45) is 0. The van der Waals surface area contributed by atoms with Gasteiger partial charge in [-0.3, -0.25) is 4.72 Å². The summed E-state index contributed by atoms with van der Waals surface area (Å²) in [5.41, 5.74) is 0.0291. The molecule has 0 radical (unpaired) electrons. The third-order valence-electron chi connectivity index (χ3n) is 4.29. The predicted molar refractivity (Wildman–Crippen MR) is 114 cm³/mol. The lowest BCUT2D eigenvalue weighted by Crippen LogP contribution is -2.16. The van der Waals surface area contributed by atoms with Crippen LogP contribution in [0.5, 0.6) is 0 Å². The van der Waals surface area contributed by atoms with Crippen LogP contribution in [0.3, 0.4) is 0 Å². The molecule has 29 heavy (non-hydrogen) atoms. The Morgan fingerprint density at radius 2 is 1.83 bits per heavy atom. The number of thiophene rings is 1. The normalized spacial score (nSPS) is 12.2. The number of anilines is 1. The lowest BCUT2D eigenvalue weighted by molar-refractivity contribution is 0.0696. The number of halogens is 1. The Bertz CT molecular complexity index is 1340. The smallest absolute Gasteiger partial charge is 0.335 e. The molecule has 0 spiro atoms. The van der Waals surface area contributed by atoms with Gasteiger partial charge in [-0.2, -0.15) is 0 Å². The van der Waals surface area contributed by atoms with Crippen molar-refractivity contribution in [2.24, 2.45) is 0 Å². The summed E-state index contributed by atoms with van der Waals surface area (Å²) < 4.78 is 53.9. The summed E-state index contributed by atoms with van der Waals surface area (Å²) in [7, 11) is -8.01. The Morgan fingerprint density at radius 3 is 2.45 bits per heavy atom. The summed E-state index contributed by atoms with van der Waals surface area (Å²) in [6.45, 7) is 3.03. The third-order valence-corrected chi connectivity index (χ3v) is 9.55. The number of carbonyl (C=O) groups is 1. The van der Waals surface area contributed by atoms with Crippen molar-refractivity contribution in [3.8, 4) is 0 Å². The molecular formula is C18H16ClNO6S3.